The Morgan fingerprint density at radius 2 is 2.04 bits per heavy atom. The van der Waals surface area contributed by atoms with E-state index in [0.29, 0.717) is 31.7 Å². The highest BCUT2D eigenvalue weighted by Crippen LogP contribution is 2.24. The van der Waals surface area contributed by atoms with Crippen LogP contribution in [0.4, 0.5) is 5.82 Å². The molecule has 152 valence electrons. The van der Waals surface area contributed by atoms with Crippen LogP contribution in [0.5, 0.6) is 5.75 Å². The number of aliphatic hydroxyl groups is 1. The predicted molar refractivity (Wildman–Crippen MR) is 108 cm³/mol. The Balaban J connectivity index is 1.49. The highest BCUT2D eigenvalue weighted by Gasteiger charge is 2.31. The smallest absolute Gasteiger partial charge is 0.239 e. The number of nitrogens with zero attached hydrogens (tertiary/aromatic N) is 3. The molecule has 0 saturated carbocycles. The van der Waals surface area contributed by atoms with Crippen LogP contribution in [0.2, 0.25) is 0 Å². The van der Waals surface area contributed by atoms with Gasteiger partial charge in [0.2, 0.25) is 5.91 Å². The molecule has 0 bridgehead atoms. The number of benzene rings is 1. The van der Waals surface area contributed by atoms with Crippen molar-refractivity contribution in [2.45, 2.75) is 44.8 Å². The molecule has 1 unspecified atom stereocenters. The summed E-state index contributed by atoms with van der Waals surface area (Å²) < 4.78 is 7.56. The molecule has 2 N–H and O–H groups in total. The zero-order valence-corrected chi connectivity index (χ0v) is 16.7. The van der Waals surface area contributed by atoms with E-state index < -0.39 is 5.60 Å². The lowest BCUT2D eigenvalue weighted by molar-refractivity contribution is -0.117. The number of ether oxygens (including phenoxy) is 1. The molecule has 0 radical (unpaired) electrons. The van der Waals surface area contributed by atoms with E-state index in [1.54, 1.807) is 16.9 Å². The molecule has 7 nitrogen and oxygen atoms in total. The first-order chi connectivity index (χ1) is 13.5. The minimum absolute atomic E-state index is 0.0617. The van der Waals surface area contributed by atoms with Crippen molar-refractivity contribution in [3.05, 3.63) is 42.6 Å². The van der Waals surface area contributed by atoms with E-state index in [1.807, 2.05) is 44.2 Å². The van der Waals surface area contributed by atoms with Gasteiger partial charge in [-0.15, -0.1) is 0 Å². The number of carbonyl (C=O) groups excluding carboxylic acids is 1. The number of amides is 1. The van der Waals surface area contributed by atoms with Crippen LogP contribution in [-0.2, 0) is 4.79 Å². The summed E-state index contributed by atoms with van der Waals surface area (Å²) >= 11 is 0. The van der Waals surface area contributed by atoms with E-state index in [-0.39, 0.29) is 18.6 Å². The van der Waals surface area contributed by atoms with Crippen LogP contribution in [0, 0.1) is 0 Å². The summed E-state index contributed by atoms with van der Waals surface area (Å²) in [7, 11) is 0. The summed E-state index contributed by atoms with van der Waals surface area (Å²) in [5.74, 6) is 1.41. The van der Waals surface area contributed by atoms with Crippen LogP contribution in [0.15, 0.2) is 42.6 Å². The molecule has 1 aliphatic rings. The molecule has 0 aliphatic carbocycles. The molecule has 1 aromatic heterocycles. The number of carbonyl (C=O) groups is 1. The third-order valence-corrected chi connectivity index (χ3v) is 5.05. The van der Waals surface area contributed by atoms with E-state index >= 15 is 0 Å². The van der Waals surface area contributed by atoms with Gasteiger partial charge in [0.15, 0.2) is 0 Å². The van der Waals surface area contributed by atoms with Crippen LogP contribution in [0.25, 0.3) is 0 Å². The van der Waals surface area contributed by atoms with Gasteiger partial charge in [-0.05, 0) is 51.8 Å². The minimum Gasteiger partial charge on any atom is -0.491 e. The van der Waals surface area contributed by atoms with E-state index in [0.717, 1.165) is 18.7 Å². The van der Waals surface area contributed by atoms with Gasteiger partial charge in [0, 0.05) is 18.7 Å². The van der Waals surface area contributed by atoms with Crippen LogP contribution < -0.4 is 10.1 Å². The van der Waals surface area contributed by atoms with Crippen molar-refractivity contribution in [1.29, 1.82) is 0 Å². The quantitative estimate of drug-likeness (QED) is 0.765. The maximum absolute atomic E-state index is 12.5. The van der Waals surface area contributed by atoms with Gasteiger partial charge in [0.05, 0.1) is 18.3 Å². The first-order valence-corrected chi connectivity index (χ1v) is 9.91. The Bertz CT molecular complexity index is 762. The van der Waals surface area contributed by atoms with Crippen LogP contribution in [0.1, 0.15) is 39.2 Å². The summed E-state index contributed by atoms with van der Waals surface area (Å²) in [6.45, 7) is 6.06. The normalized spacial score (nSPS) is 20.7. The number of likely N-dealkylation sites (tertiary alicyclic amines) is 1. The minimum atomic E-state index is -0.864. The van der Waals surface area contributed by atoms with Crippen molar-refractivity contribution < 1.29 is 14.6 Å². The van der Waals surface area contributed by atoms with Crippen molar-refractivity contribution in [3.8, 4) is 5.75 Å². The summed E-state index contributed by atoms with van der Waals surface area (Å²) in [6.07, 6.45) is 3.76. The number of anilines is 1. The lowest BCUT2D eigenvalue weighted by Crippen LogP contribution is -2.38. The maximum Gasteiger partial charge on any atom is 0.239 e. The van der Waals surface area contributed by atoms with E-state index in [1.165, 1.54) is 0 Å². The molecule has 1 aliphatic heterocycles. The number of para-hydroxylation sites is 1. The molecule has 7 heteroatoms. The number of rotatable bonds is 7. The summed E-state index contributed by atoms with van der Waals surface area (Å²) in [6, 6.07) is 11.5. The van der Waals surface area contributed by atoms with Gasteiger partial charge in [0.25, 0.3) is 0 Å². The molecule has 28 heavy (non-hydrogen) atoms. The molecule has 1 atom stereocenters. The van der Waals surface area contributed by atoms with Crippen molar-refractivity contribution in [2.75, 3.05) is 31.6 Å². The Labute approximate surface area is 166 Å². The lowest BCUT2D eigenvalue weighted by Gasteiger charge is -2.27. The SMILES string of the molecule is CC(C)n1nccc1NC(=O)CN1CCCC(O)(COc2ccccc2)CC1. The Morgan fingerprint density at radius 3 is 2.79 bits per heavy atom. The fourth-order valence-electron chi connectivity index (χ4n) is 3.48. The molecule has 3 rings (SSSR count). The molecular weight excluding hydrogens is 356 g/mol. The molecule has 2 heterocycles. The molecule has 1 fully saturated rings. The summed E-state index contributed by atoms with van der Waals surface area (Å²) in [5.41, 5.74) is -0.864. The van der Waals surface area contributed by atoms with Gasteiger partial charge in [-0.1, -0.05) is 18.2 Å². The highest BCUT2D eigenvalue weighted by molar-refractivity contribution is 5.91. The van der Waals surface area contributed by atoms with E-state index in [4.69, 9.17) is 4.74 Å². The third kappa shape index (κ3) is 5.56. The van der Waals surface area contributed by atoms with Gasteiger partial charge in [0.1, 0.15) is 18.2 Å². The van der Waals surface area contributed by atoms with Crippen molar-refractivity contribution in [1.82, 2.24) is 14.7 Å². The highest BCUT2D eigenvalue weighted by atomic mass is 16.5. The van der Waals surface area contributed by atoms with Crippen LogP contribution >= 0.6 is 0 Å². The van der Waals surface area contributed by atoms with Crippen LogP contribution in [-0.4, -0.2) is 57.5 Å². The number of aromatic nitrogens is 2. The Hall–Kier alpha value is -2.38. The predicted octanol–water partition coefficient (Wildman–Crippen LogP) is 2.70. The largest absolute Gasteiger partial charge is 0.491 e. The molecule has 2 aromatic rings. The monoisotopic (exact) mass is 386 g/mol. The van der Waals surface area contributed by atoms with Gasteiger partial charge < -0.3 is 15.2 Å². The van der Waals surface area contributed by atoms with Crippen molar-refractivity contribution in [3.63, 3.8) is 0 Å². The Kier molecular flexibility index (Phi) is 6.70. The van der Waals surface area contributed by atoms with Crippen molar-refractivity contribution in [2.24, 2.45) is 0 Å². The van der Waals surface area contributed by atoms with Gasteiger partial charge in [-0.2, -0.15) is 5.10 Å². The summed E-state index contributed by atoms with van der Waals surface area (Å²) in [5, 5.41) is 18.1. The number of hydrogen-bond donors (Lipinski definition) is 2. The Morgan fingerprint density at radius 1 is 1.25 bits per heavy atom. The fraction of sp³-hybridized carbons (Fsp3) is 0.524. The topological polar surface area (TPSA) is 79.6 Å². The van der Waals surface area contributed by atoms with E-state index in [9.17, 15) is 9.90 Å². The second-order valence-electron chi connectivity index (χ2n) is 7.76. The van der Waals surface area contributed by atoms with Gasteiger partial charge in [-0.25, -0.2) is 4.68 Å². The molecule has 1 aromatic carbocycles. The molecule has 0 spiro atoms. The molecule has 1 saturated heterocycles. The van der Waals surface area contributed by atoms with E-state index in [2.05, 4.69) is 15.3 Å². The maximum atomic E-state index is 12.5. The second kappa shape index (κ2) is 9.21. The first kappa shape index (κ1) is 20.4. The second-order valence-corrected chi connectivity index (χ2v) is 7.76. The first-order valence-electron chi connectivity index (χ1n) is 9.91. The summed E-state index contributed by atoms with van der Waals surface area (Å²) in [4.78, 5) is 14.5. The number of hydrogen-bond acceptors (Lipinski definition) is 5. The van der Waals surface area contributed by atoms with Gasteiger partial charge in [-0.3, -0.25) is 9.69 Å². The number of nitrogens with one attached hydrogen (secondary N) is 1. The zero-order valence-electron chi connectivity index (χ0n) is 16.7. The van der Waals surface area contributed by atoms with Gasteiger partial charge >= 0.3 is 0 Å². The standard InChI is InChI=1S/C21H30N4O3/c1-17(2)25-19(9-12-22-25)23-20(26)15-24-13-6-10-21(27,11-14-24)16-28-18-7-4-3-5-8-18/h3-5,7-9,12,17,27H,6,10-11,13-16H2,1-2H3,(H,23,26). The lowest BCUT2D eigenvalue weighted by atomic mass is 9.96. The zero-order chi connectivity index (χ0) is 20.0. The average molecular weight is 386 g/mol. The average Bonchev–Trinajstić information content (AvgIpc) is 3.05. The molecule has 1 amide bonds. The fourth-order valence-corrected chi connectivity index (χ4v) is 3.48. The molecular formula is C21H30N4O3. The van der Waals surface area contributed by atoms with Crippen molar-refractivity contribution >= 4 is 11.7 Å². The van der Waals surface area contributed by atoms with Crippen LogP contribution in [0.3, 0.4) is 0 Å². The third-order valence-electron chi connectivity index (χ3n) is 5.05.